The van der Waals surface area contributed by atoms with Crippen LogP contribution in [-0.4, -0.2) is 48.9 Å². The molecule has 0 aromatic heterocycles. The molecule has 0 bridgehead atoms. The zero-order chi connectivity index (χ0) is 15.3. The molecule has 0 aromatic carbocycles. The molecule has 2 atom stereocenters. The van der Waals surface area contributed by atoms with Crippen molar-refractivity contribution >= 4 is 5.91 Å². The number of carbonyl (C=O) groups is 1. The largest absolute Gasteiger partial charge is 0.339 e. The number of carbonyl (C=O) groups excluding carboxylic acids is 1. The Bertz CT molecular complexity index is 366. The molecule has 114 valence electrons. The summed E-state index contributed by atoms with van der Waals surface area (Å²) in [5.74, 6) is 0.522. The molecule has 1 amide bonds. The van der Waals surface area contributed by atoms with Crippen molar-refractivity contribution in [3.05, 3.63) is 0 Å². The van der Waals surface area contributed by atoms with Crippen LogP contribution in [0.2, 0.25) is 0 Å². The van der Waals surface area contributed by atoms with E-state index in [9.17, 15) is 10.1 Å². The van der Waals surface area contributed by atoms with Gasteiger partial charge in [0, 0.05) is 19.1 Å². The fourth-order valence-corrected chi connectivity index (χ4v) is 3.44. The minimum absolute atomic E-state index is 0.0555. The van der Waals surface area contributed by atoms with Crippen molar-refractivity contribution in [2.75, 3.05) is 27.2 Å². The third-order valence-corrected chi connectivity index (χ3v) is 4.50. The Morgan fingerprint density at radius 3 is 2.20 bits per heavy atom. The second-order valence-electron chi connectivity index (χ2n) is 6.41. The summed E-state index contributed by atoms with van der Waals surface area (Å²) in [4.78, 5) is 17.0. The fourth-order valence-electron chi connectivity index (χ4n) is 3.44. The van der Waals surface area contributed by atoms with Crippen LogP contribution in [0.15, 0.2) is 0 Å². The lowest BCUT2D eigenvalue weighted by Gasteiger charge is -2.30. The van der Waals surface area contributed by atoms with Gasteiger partial charge in [0.25, 0.3) is 0 Å². The summed E-state index contributed by atoms with van der Waals surface area (Å²) in [5.41, 5.74) is -0.801. The van der Waals surface area contributed by atoms with Crippen LogP contribution in [-0.2, 0) is 4.79 Å². The van der Waals surface area contributed by atoms with Gasteiger partial charge in [0.15, 0.2) is 0 Å². The van der Waals surface area contributed by atoms with E-state index in [2.05, 4.69) is 32.0 Å². The third-order valence-electron chi connectivity index (χ3n) is 4.50. The molecule has 1 aliphatic rings. The number of hydrogen-bond donors (Lipinski definition) is 0. The molecule has 0 spiro atoms. The van der Waals surface area contributed by atoms with Gasteiger partial charge in [-0.05, 0) is 32.9 Å². The van der Waals surface area contributed by atoms with E-state index in [0.29, 0.717) is 24.8 Å². The van der Waals surface area contributed by atoms with Gasteiger partial charge in [-0.2, -0.15) is 5.26 Å². The minimum Gasteiger partial charge on any atom is -0.339 e. The fraction of sp³-hybridized carbons (Fsp3) is 0.875. The summed E-state index contributed by atoms with van der Waals surface area (Å²) in [6.07, 6.45) is 3.10. The lowest BCUT2D eigenvalue weighted by molar-refractivity contribution is -0.139. The average molecular weight is 279 g/mol. The molecule has 0 aliphatic carbocycles. The SMILES string of the molecule is CCCC(C#N)(CCC)C(=O)N1CC(C)C(N(C)C)C1. The van der Waals surface area contributed by atoms with Gasteiger partial charge in [0.2, 0.25) is 5.91 Å². The molecule has 1 heterocycles. The van der Waals surface area contributed by atoms with Gasteiger partial charge >= 0.3 is 0 Å². The zero-order valence-electron chi connectivity index (χ0n) is 13.6. The van der Waals surface area contributed by atoms with E-state index in [1.165, 1.54) is 0 Å². The molecule has 1 aliphatic heterocycles. The lowest BCUT2D eigenvalue weighted by atomic mass is 9.79. The van der Waals surface area contributed by atoms with Crippen LogP contribution < -0.4 is 0 Å². The van der Waals surface area contributed by atoms with Gasteiger partial charge in [-0.15, -0.1) is 0 Å². The number of hydrogen-bond acceptors (Lipinski definition) is 3. The van der Waals surface area contributed by atoms with E-state index < -0.39 is 5.41 Å². The van der Waals surface area contributed by atoms with E-state index in [4.69, 9.17) is 0 Å². The number of likely N-dealkylation sites (tertiary alicyclic amines) is 1. The highest BCUT2D eigenvalue weighted by Crippen LogP contribution is 2.34. The molecular formula is C16H29N3O. The molecular weight excluding hydrogens is 250 g/mol. The highest BCUT2D eigenvalue weighted by atomic mass is 16.2. The van der Waals surface area contributed by atoms with Gasteiger partial charge in [-0.1, -0.05) is 33.6 Å². The van der Waals surface area contributed by atoms with Crippen molar-refractivity contribution in [3.63, 3.8) is 0 Å². The summed E-state index contributed by atoms with van der Waals surface area (Å²) >= 11 is 0. The summed E-state index contributed by atoms with van der Waals surface area (Å²) in [5, 5.41) is 9.60. The number of likely N-dealkylation sites (N-methyl/N-ethyl adjacent to an activating group) is 1. The minimum atomic E-state index is -0.801. The first kappa shape index (κ1) is 17.0. The van der Waals surface area contributed by atoms with Crippen molar-refractivity contribution < 1.29 is 4.79 Å². The molecule has 0 aromatic rings. The molecule has 1 fully saturated rings. The first-order chi connectivity index (χ1) is 9.41. The molecule has 0 radical (unpaired) electrons. The maximum Gasteiger partial charge on any atom is 0.243 e. The average Bonchev–Trinajstić information content (AvgIpc) is 2.79. The summed E-state index contributed by atoms with van der Waals surface area (Å²) in [6, 6.07) is 2.75. The van der Waals surface area contributed by atoms with Crippen LogP contribution in [0.3, 0.4) is 0 Å². The van der Waals surface area contributed by atoms with Crippen molar-refractivity contribution in [2.45, 2.75) is 52.5 Å². The summed E-state index contributed by atoms with van der Waals surface area (Å²) < 4.78 is 0. The molecule has 4 heteroatoms. The lowest BCUT2D eigenvalue weighted by Crippen LogP contribution is -2.43. The number of nitrogens with zero attached hydrogens (tertiary/aromatic N) is 3. The van der Waals surface area contributed by atoms with E-state index in [1.54, 1.807) is 0 Å². The van der Waals surface area contributed by atoms with Gasteiger partial charge in [-0.25, -0.2) is 0 Å². The molecule has 0 N–H and O–H groups in total. The van der Waals surface area contributed by atoms with Crippen molar-refractivity contribution in [2.24, 2.45) is 11.3 Å². The number of rotatable bonds is 6. The quantitative estimate of drug-likeness (QED) is 0.750. The number of amides is 1. The zero-order valence-corrected chi connectivity index (χ0v) is 13.6. The molecule has 1 saturated heterocycles. The summed E-state index contributed by atoms with van der Waals surface area (Å²) in [7, 11) is 4.12. The Labute approximate surface area is 123 Å². The highest BCUT2D eigenvalue weighted by Gasteiger charge is 2.44. The van der Waals surface area contributed by atoms with Crippen LogP contribution in [0.1, 0.15) is 46.5 Å². The van der Waals surface area contributed by atoms with Gasteiger partial charge in [0.05, 0.1) is 6.07 Å². The van der Waals surface area contributed by atoms with Gasteiger partial charge in [0.1, 0.15) is 5.41 Å². The maximum absolute atomic E-state index is 12.9. The van der Waals surface area contributed by atoms with Crippen LogP contribution in [0, 0.1) is 22.7 Å². The molecule has 4 nitrogen and oxygen atoms in total. The smallest absolute Gasteiger partial charge is 0.243 e. The second-order valence-corrected chi connectivity index (χ2v) is 6.41. The summed E-state index contributed by atoms with van der Waals surface area (Å²) in [6.45, 7) is 7.81. The van der Waals surface area contributed by atoms with E-state index in [-0.39, 0.29) is 5.91 Å². The highest BCUT2D eigenvalue weighted by molar-refractivity contribution is 5.85. The van der Waals surface area contributed by atoms with Crippen molar-refractivity contribution in [1.29, 1.82) is 5.26 Å². The van der Waals surface area contributed by atoms with Crippen LogP contribution in [0.4, 0.5) is 0 Å². The Morgan fingerprint density at radius 2 is 1.85 bits per heavy atom. The Morgan fingerprint density at radius 1 is 1.30 bits per heavy atom. The Kier molecular flexibility index (Phi) is 6.01. The standard InChI is InChI=1S/C16H29N3O/c1-6-8-16(12-17,9-7-2)15(20)19-10-13(3)14(11-19)18(4)5/h13-14H,6-11H2,1-5H3. The monoisotopic (exact) mass is 279 g/mol. The topological polar surface area (TPSA) is 47.3 Å². The predicted molar refractivity (Wildman–Crippen MR) is 81.1 cm³/mol. The van der Waals surface area contributed by atoms with Gasteiger partial charge < -0.3 is 9.80 Å². The van der Waals surface area contributed by atoms with E-state index >= 15 is 0 Å². The normalized spacial score (nSPS) is 23.1. The first-order valence-corrected chi connectivity index (χ1v) is 7.78. The third kappa shape index (κ3) is 3.32. The van der Waals surface area contributed by atoms with E-state index in [0.717, 1.165) is 25.9 Å². The first-order valence-electron chi connectivity index (χ1n) is 7.78. The Balaban J connectivity index is 2.89. The van der Waals surface area contributed by atoms with Crippen molar-refractivity contribution in [1.82, 2.24) is 9.80 Å². The molecule has 2 unspecified atom stereocenters. The van der Waals surface area contributed by atoms with Gasteiger partial charge in [-0.3, -0.25) is 4.79 Å². The Hall–Kier alpha value is -1.08. The predicted octanol–water partition coefficient (Wildman–Crippen LogP) is 2.51. The number of nitriles is 1. The maximum atomic E-state index is 12.9. The van der Waals surface area contributed by atoms with Crippen LogP contribution in [0.25, 0.3) is 0 Å². The second kappa shape index (κ2) is 7.08. The van der Waals surface area contributed by atoms with Crippen molar-refractivity contribution in [3.8, 4) is 6.07 Å². The van der Waals surface area contributed by atoms with Crippen LogP contribution in [0.5, 0.6) is 0 Å². The molecule has 0 saturated carbocycles. The van der Waals surface area contributed by atoms with E-state index in [1.807, 2.05) is 18.7 Å². The van der Waals surface area contributed by atoms with Crippen LogP contribution >= 0.6 is 0 Å². The molecule has 20 heavy (non-hydrogen) atoms. The molecule has 1 rings (SSSR count).